The van der Waals surface area contributed by atoms with Crippen LogP contribution in [0.1, 0.15) is 29.6 Å². The molecule has 1 aliphatic rings. The van der Waals surface area contributed by atoms with Crippen molar-refractivity contribution in [2.45, 2.75) is 25.8 Å². The number of hydrogen-bond donors (Lipinski definition) is 2. The van der Waals surface area contributed by atoms with Crippen molar-refractivity contribution in [3.63, 3.8) is 0 Å². The van der Waals surface area contributed by atoms with Gasteiger partial charge in [0.1, 0.15) is 5.69 Å². The summed E-state index contributed by atoms with van der Waals surface area (Å²) in [6.45, 7) is 0.874. The first kappa shape index (κ1) is 13.0. The fourth-order valence-electron chi connectivity index (χ4n) is 2.81. The predicted molar refractivity (Wildman–Crippen MR) is 79.4 cm³/mol. The molecule has 0 unspecified atom stereocenters. The monoisotopic (exact) mass is 297 g/mol. The molecule has 7 heteroatoms. The maximum absolute atomic E-state index is 11.3. The summed E-state index contributed by atoms with van der Waals surface area (Å²) >= 11 is 0. The average molecular weight is 297 g/mol. The second-order valence-electron chi connectivity index (χ2n) is 5.64. The summed E-state index contributed by atoms with van der Waals surface area (Å²) in [5.41, 5.74) is 1.89. The van der Waals surface area contributed by atoms with Gasteiger partial charge in [0, 0.05) is 18.9 Å². The number of carbonyl (C=O) groups is 1. The molecule has 0 aliphatic heterocycles. The van der Waals surface area contributed by atoms with E-state index in [1.165, 1.54) is 31.5 Å². The van der Waals surface area contributed by atoms with E-state index in [9.17, 15) is 9.90 Å². The number of imidazole rings is 1. The number of nitrogens with one attached hydrogen (secondary N) is 1. The molecule has 0 spiro atoms. The number of hydrogen-bond acceptors (Lipinski definition) is 4. The van der Waals surface area contributed by atoms with Gasteiger partial charge in [0.2, 0.25) is 0 Å². The molecule has 4 rings (SSSR count). The van der Waals surface area contributed by atoms with Crippen LogP contribution in [0.15, 0.2) is 24.5 Å². The van der Waals surface area contributed by atoms with Crippen molar-refractivity contribution in [3.05, 3.63) is 30.1 Å². The normalized spacial score (nSPS) is 15.1. The fourth-order valence-corrected chi connectivity index (χ4v) is 2.81. The molecule has 0 saturated heterocycles. The summed E-state index contributed by atoms with van der Waals surface area (Å²) in [6, 6.07) is 3.36. The molecule has 1 saturated carbocycles. The van der Waals surface area contributed by atoms with E-state index in [-0.39, 0.29) is 5.56 Å². The summed E-state index contributed by atoms with van der Waals surface area (Å²) in [7, 11) is 0. The van der Waals surface area contributed by atoms with Crippen LogP contribution in [-0.2, 0) is 6.54 Å². The third-order valence-electron chi connectivity index (χ3n) is 4.24. The number of nitrogens with zero attached hydrogens (tertiary/aromatic N) is 4. The standard InChI is InChI=1S/C15H15N5O2/c21-15(22)10-4-6-16-14-12(10)18-13(19-14)11-5-7-17-20(11)8-9-2-1-3-9/h4-7,9H,1-3,8H2,(H,21,22)(H,16,18,19). The van der Waals surface area contributed by atoms with Gasteiger partial charge in [0.15, 0.2) is 11.5 Å². The first-order valence-electron chi connectivity index (χ1n) is 7.32. The average Bonchev–Trinajstić information content (AvgIpc) is 3.07. The Labute approximate surface area is 126 Å². The molecule has 22 heavy (non-hydrogen) atoms. The van der Waals surface area contributed by atoms with Crippen LogP contribution < -0.4 is 0 Å². The zero-order chi connectivity index (χ0) is 15.1. The van der Waals surface area contributed by atoms with Crippen LogP contribution in [0.25, 0.3) is 22.7 Å². The predicted octanol–water partition coefficient (Wildman–Crippen LogP) is 2.32. The van der Waals surface area contributed by atoms with E-state index in [2.05, 4.69) is 20.1 Å². The Morgan fingerprint density at radius 3 is 2.95 bits per heavy atom. The van der Waals surface area contributed by atoms with Crippen molar-refractivity contribution in [1.29, 1.82) is 0 Å². The molecule has 0 aromatic carbocycles. The lowest BCUT2D eigenvalue weighted by atomic mass is 9.85. The Kier molecular flexibility index (Phi) is 2.92. The second-order valence-corrected chi connectivity index (χ2v) is 5.64. The second kappa shape index (κ2) is 4.94. The van der Waals surface area contributed by atoms with Gasteiger partial charge < -0.3 is 10.1 Å². The van der Waals surface area contributed by atoms with E-state index in [1.54, 1.807) is 6.20 Å². The number of fused-ring (bicyclic) bond motifs is 1. The summed E-state index contributed by atoms with van der Waals surface area (Å²) in [6.07, 6.45) is 6.97. The molecule has 3 heterocycles. The van der Waals surface area contributed by atoms with E-state index in [1.807, 2.05) is 10.7 Å². The first-order valence-corrected chi connectivity index (χ1v) is 7.32. The third kappa shape index (κ3) is 2.05. The molecule has 3 aromatic heterocycles. The van der Waals surface area contributed by atoms with Crippen molar-refractivity contribution >= 4 is 17.1 Å². The van der Waals surface area contributed by atoms with Crippen LogP contribution in [0.3, 0.4) is 0 Å². The number of H-pyrrole nitrogens is 1. The van der Waals surface area contributed by atoms with Gasteiger partial charge in [0.05, 0.1) is 11.1 Å². The smallest absolute Gasteiger partial charge is 0.338 e. The number of aromatic amines is 1. The molecule has 0 atom stereocenters. The highest BCUT2D eigenvalue weighted by Crippen LogP contribution is 2.29. The van der Waals surface area contributed by atoms with Crippen molar-refractivity contribution in [1.82, 2.24) is 24.7 Å². The van der Waals surface area contributed by atoms with E-state index in [4.69, 9.17) is 0 Å². The van der Waals surface area contributed by atoms with Crippen molar-refractivity contribution < 1.29 is 9.90 Å². The molecular formula is C15H15N5O2. The Morgan fingerprint density at radius 2 is 2.23 bits per heavy atom. The Morgan fingerprint density at radius 1 is 1.36 bits per heavy atom. The topological polar surface area (TPSA) is 96.7 Å². The van der Waals surface area contributed by atoms with E-state index in [0.29, 0.717) is 22.9 Å². The molecule has 7 nitrogen and oxygen atoms in total. The van der Waals surface area contributed by atoms with Gasteiger partial charge in [-0.2, -0.15) is 5.10 Å². The minimum Gasteiger partial charge on any atom is -0.478 e. The molecule has 0 radical (unpaired) electrons. The fraction of sp³-hybridized carbons (Fsp3) is 0.333. The lowest BCUT2D eigenvalue weighted by Gasteiger charge is -2.25. The Balaban J connectivity index is 1.77. The molecule has 1 aliphatic carbocycles. The molecule has 112 valence electrons. The number of aromatic carboxylic acids is 1. The van der Waals surface area contributed by atoms with Gasteiger partial charge in [0.25, 0.3) is 0 Å². The Bertz CT molecular complexity index is 847. The quantitative estimate of drug-likeness (QED) is 0.770. The SMILES string of the molecule is O=C(O)c1ccnc2nc(-c3ccnn3CC3CCC3)[nH]c12. The number of rotatable bonds is 4. The van der Waals surface area contributed by atoms with Crippen LogP contribution in [0.5, 0.6) is 0 Å². The van der Waals surface area contributed by atoms with Crippen LogP contribution in [0.4, 0.5) is 0 Å². The van der Waals surface area contributed by atoms with E-state index < -0.39 is 5.97 Å². The zero-order valence-electron chi connectivity index (χ0n) is 11.9. The largest absolute Gasteiger partial charge is 0.478 e. The summed E-state index contributed by atoms with van der Waals surface area (Å²) in [4.78, 5) is 22.9. The van der Waals surface area contributed by atoms with Crippen LogP contribution in [0, 0.1) is 5.92 Å². The van der Waals surface area contributed by atoms with Gasteiger partial charge >= 0.3 is 5.97 Å². The summed E-state index contributed by atoms with van der Waals surface area (Å²) in [5, 5.41) is 13.6. The molecule has 0 amide bonds. The van der Waals surface area contributed by atoms with Crippen LogP contribution >= 0.6 is 0 Å². The van der Waals surface area contributed by atoms with Gasteiger partial charge in [-0.1, -0.05) is 6.42 Å². The van der Waals surface area contributed by atoms with Crippen molar-refractivity contribution in [2.75, 3.05) is 0 Å². The first-order chi connectivity index (χ1) is 10.7. The molecule has 1 fully saturated rings. The highest BCUT2D eigenvalue weighted by molar-refractivity contribution is 6.00. The van der Waals surface area contributed by atoms with E-state index in [0.717, 1.165) is 12.2 Å². The van der Waals surface area contributed by atoms with Crippen molar-refractivity contribution in [3.8, 4) is 11.5 Å². The van der Waals surface area contributed by atoms with Gasteiger partial charge in [-0.15, -0.1) is 0 Å². The molecule has 2 N–H and O–H groups in total. The summed E-state index contributed by atoms with van der Waals surface area (Å²) < 4.78 is 1.93. The summed E-state index contributed by atoms with van der Waals surface area (Å²) in [5.74, 6) is 0.286. The minimum absolute atomic E-state index is 0.175. The number of aromatic nitrogens is 5. The molecule has 0 bridgehead atoms. The number of carboxylic acids is 1. The third-order valence-corrected chi connectivity index (χ3v) is 4.24. The zero-order valence-corrected chi connectivity index (χ0v) is 11.9. The lowest BCUT2D eigenvalue weighted by Crippen LogP contribution is -2.19. The highest BCUT2D eigenvalue weighted by Gasteiger charge is 2.21. The lowest BCUT2D eigenvalue weighted by molar-refractivity contribution is 0.0698. The number of pyridine rings is 1. The van der Waals surface area contributed by atoms with Gasteiger partial charge in [-0.05, 0) is 30.9 Å². The van der Waals surface area contributed by atoms with Crippen LogP contribution in [0.2, 0.25) is 0 Å². The van der Waals surface area contributed by atoms with E-state index >= 15 is 0 Å². The molecule has 3 aromatic rings. The maximum Gasteiger partial charge on any atom is 0.338 e. The maximum atomic E-state index is 11.3. The molecular weight excluding hydrogens is 282 g/mol. The van der Waals surface area contributed by atoms with Gasteiger partial charge in [-0.3, -0.25) is 4.68 Å². The van der Waals surface area contributed by atoms with Crippen molar-refractivity contribution in [2.24, 2.45) is 5.92 Å². The highest BCUT2D eigenvalue weighted by atomic mass is 16.4. The number of carboxylic acid groups (broad SMARTS) is 1. The minimum atomic E-state index is -0.995. The van der Waals surface area contributed by atoms with Crippen LogP contribution in [-0.4, -0.2) is 35.8 Å². The van der Waals surface area contributed by atoms with Gasteiger partial charge in [-0.25, -0.2) is 14.8 Å². The Hall–Kier alpha value is -2.70.